The molecule has 2 amide bonds. The smallest absolute Gasteiger partial charge is 0.257 e. The number of carbonyl (C=O) groups is 2. The van der Waals surface area contributed by atoms with Gasteiger partial charge in [-0.05, 0) is 55.3 Å². The van der Waals surface area contributed by atoms with Crippen LogP contribution in [0.4, 0.5) is 5.13 Å². The second-order valence-electron chi connectivity index (χ2n) is 9.58. The summed E-state index contributed by atoms with van der Waals surface area (Å²) in [5.41, 5.74) is 2.84. The quantitative estimate of drug-likeness (QED) is 0.746. The second-order valence-corrected chi connectivity index (χ2v) is 10.4. The van der Waals surface area contributed by atoms with Gasteiger partial charge in [-0.3, -0.25) is 19.8 Å². The van der Waals surface area contributed by atoms with Crippen LogP contribution < -0.4 is 5.32 Å². The number of anilines is 1. The fraction of sp³-hybridized carbons (Fsp3) is 0.542. The van der Waals surface area contributed by atoms with Crippen molar-refractivity contribution in [2.45, 2.75) is 57.9 Å². The first-order valence-electron chi connectivity index (χ1n) is 11.2. The summed E-state index contributed by atoms with van der Waals surface area (Å²) in [4.78, 5) is 34.1. The van der Waals surface area contributed by atoms with E-state index < -0.39 is 0 Å². The Kier molecular flexibility index (Phi) is 6.44. The van der Waals surface area contributed by atoms with Crippen LogP contribution in [0.5, 0.6) is 0 Å². The van der Waals surface area contributed by atoms with Gasteiger partial charge in [0.25, 0.3) is 5.91 Å². The van der Waals surface area contributed by atoms with Crippen molar-refractivity contribution in [3.8, 4) is 0 Å². The molecule has 31 heavy (non-hydrogen) atoms. The van der Waals surface area contributed by atoms with Crippen LogP contribution in [-0.4, -0.2) is 52.8 Å². The first kappa shape index (κ1) is 22.0. The third kappa shape index (κ3) is 5.15. The Hall–Kier alpha value is -2.25. The Morgan fingerprint density at radius 2 is 1.81 bits per heavy atom. The number of thiazole rings is 1. The maximum Gasteiger partial charge on any atom is 0.257 e. The van der Waals surface area contributed by atoms with E-state index in [4.69, 9.17) is 0 Å². The van der Waals surface area contributed by atoms with Crippen molar-refractivity contribution in [1.29, 1.82) is 0 Å². The van der Waals surface area contributed by atoms with E-state index in [0.717, 1.165) is 51.0 Å². The Bertz CT molecular complexity index is 926. The molecule has 1 atom stereocenters. The number of nitrogens with zero attached hydrogens (tertiary/aromatic N) is 3. The van der Waals surface area contributed by atoms with E-state index in [-0.39, 0.29) is 23.3 Å². The van der Waals surface area contributed by atoms with Crippen LogP contribution in [0.15, 0.2) is 29.6 Å². The summed E-state index contributed by atoms with van der Waals surface area (Å²) in [6.45, 7) is 9.63. The van der Waals surface area contributed by atoms with Crippen LogP contribution >= 0.6 is 11.3 Å². The van der Waals surface area contributed by atoms with Gasteiger partial charge in [0.1, 0.15) is 0 Å². The minimum atomic E-state index is -0.145. The maximum atomic E-state index is 12.7. The zero-order chi connectivity index (χ0) is 22.0. The molecular weight excluding hydrogens is 408 g/mol. The molecule has 2 fully saturated rings. The highest BCUT2D eigenvalue weighted by Gasteiger charge is 2.31. The van der Waals surface area contributed by atoms with Crippen LogP contribution in [-0.2, 0) is 10.2 Å². The molecule has 0 aliphatic carbocycles. The SMILES string of the molecule is CC(C)(C)c1ccc(C(=O)Nc2nc(C3CCCN3CC(=O)N3CCCC3)cs2)cc1. The molecule has 0 spiro atoms. The number of carbonyl (C=O) groups excluding carboxylic acids is 2. The topological polar surface area (TPSA) is 65.5 Å². The normalized spacial score (nSPS) is 19.7. The van der Waals surface area contributed by atoms with Gasteiger partial charge in [-0.25, -0.2) is 4.98 Å². The molecular formula is C24H32N4O2S. The molecule has 2 aromatic rings. The minimum absolute atomic E-state index is 0.0581. The van der Waals surface area contributed by atoms with Crippen molar-refractivity contribution >= 4 is 28.3 Å². The Balaban J connectivity index is 1.38. The van der Waals surface area contributed by atoms with Crippen molar-refractivity contribution in [2.75, 3.05) is 31.5 Å². The molecule has 1 aromatic carbocycles. The predicted molar refractivity (Wildman–Crippen MR) is 125 cm³/mol. The number of nitrogens with one attached hydrogen (secondary N) is 1. The average Bonchev–Trinajstić information content (AvgIpc) is 3.49. The molecule has 2 aliphatic rings. The molecule has 2 saturated heterocycles. The van der Waals surface area contributed by atoms with Gasteiger partial charge in [0, 0.05) is 24.0 Å². The number of amides is 2. The zero-order valence-electron chi connectivity index (χ0n) is 18.7. The van der Waals surface area contributed by atoms with Gasteiger partial charge in [-0.2, -0.15) is 0 Å². The highest BCUT2D eigenvalue weighted by atomic mass is 32.1. The molecule has 3 heterocycles. The van der Waals surface area contributed by atoms with Gasteiger partial charge >= 0.3 is 0 Å². The summed E-state index contributed by atoms with van der Waals surface area (Å²) in [6, 6.07) is 7.91. The third-order valence-electron chi connectivity index (χ3n) is 6.26. The highest BCUT2D eigenvalue weighted by molar-refractivity contribution is 7.14. The summed E-state index contributed by atoms with van der Waals surface area (Å²) in [5, 5.41) is 5.56. The Morgan fingerprint density at radius 3 is 2.48 bits per heavy atom. The van der Waals surface area contributed by atoms with Crippen molar-refractivity contribution in [3.63, 3.8) is 0 Å². The molecule has 1 aromatic heterocycles. The van der Waals surface area contributed by atoms with Crippen LogP contribution in [0, 0.1) is 0 Å². The predicted octanol–water partition coefficient (Wildman–Crippen LogP) is 4.45. The van der Waals surface area contributed by atoms with E-state index in [1.165, 1.54) is 16.9 Å². The van der Waals surface area contributed by atoms with Gasteiger partial charge in [-0.1, -0.05) is 32.9 Å². The lowest BCUT2D eigenvalue weighted by molar-refractivity contribution is -0.131. The molecule has 7 heteroatoms. The van der Waals surface area contributed by atoms with Gasteiger partial charge in [-0.15, -0.1) is 11.3 Å². The van der Waals surface area contributed by atoms with Gasteiger partial charge in [0.2, 0.25) is 5.91 Å². The number of hydrogen-bond donors (Lipinski definition) is 1. The number of benzene rings is 1. The molecule has 0 bridgehead atoms. The van der Waals surface area contributed by atoms with E-state index >= 15 is 0 Å². The first-order chi connectivity index (χ1) is 14.8. The molecule has 0 saturated carbocycles. The molecule has 6 nitrogen and oxygen atoms in total. The van der Waals surface area contributed by atoms with Crippen LogP contribution in [0.1, 0.15) is 74.1 Å². The molecule has 1 unspecified atom stereocenters. The highest BCUT2D eigenvalue weighted by Crippen LogP contribution is 2.33. The number of likely N-dealkylation sites (tertiary alicyclic amines) is 2. The number of rotatable bonds is 5. The summed E-state index contributed by atoms with van der Waals surface area (Å²) in [5.74, 6) is 0.0840. The molecule has 166 valence electrons. The largest absolute Gasteiger partial charge is 0.342 e. The van der Waals surface area contributed by atoms with Gasteiger partial charge < -0.3 is 4.90 Å². The van der Waals surface area contributed by atoms with E-state index in [1.807, 2.05) is 34.5 Å². The Labute approximate surface area is 188 Å². The summed E-state index contributed by atoms with van der Waals surface area (Å²) >= 11 is 1.45. The van der Waals surface area contributed by atoms with E-state index in [2.05, 4.69) is 36.0 Å². The summed E-state index contributed by atoms with van der Waals surface area (Å²) < 4.78 is 0. The molecule has 0 radical (unpaired) electrons. The summed E-state index contributed by atoms with van der Waals surface area (Å²) in [7, 11) is 0. The van der Waals surface area contributed by atoms with E-state index in [1.54, 1.807) is 0 Å². The lowest BCUT2D eigenvalue weighted by Crippen LogP contribution is -2.38. The number of hydrogen-bond acceptors (Lipinski definition) is 5. The zero-order valence-corrected chi connectivity index (χ0v) is 19.5. The van der Waals surface area contributed by atoms with E-state index in [0.29, 0.717) is 17.2 Å². The van der Waals surface area contributed by atoms with Crippen LogP contribution in [0.3, 0.4) is 0 Å². The lowest BCUT2D eigenvalue weighted by atomic mass is 9.87. The lowest BCUT2D eigenvalue weighted by Gasteiger charge is -2.25. The van der Waals surface area contributed by atoms with Crippen molar-refractivity contribution in [1.82, 2.24) is 14.8 Å². The van der Waals surface area contributed by atoms with Crippen molar-refractivity contribution < 1.29 is 9.59 Å². The van der Waals surface area contributed by atoms with E-state index in [9.17, 15) is 9.59 Å². The monoisotopic (exact) mass is 440 g/mol. The van der Waals surface area contributed by atoms with Crippen LogP contribution in [0.2, 0.25) is 0 Å². The standard InChI is InChI=1S/C24H32N4O2S/c1-24(2,3)18-10-8-17(9-11-18)22(30)26-23-25-19(16-31-23)20-7-6-14-28(20)15-21(29)27-12-4-5-13-27/h8-11,16,20H,4-7,12-15H2,1-3H3,(H,25,26,30). The maximum absolute atomic E-state index is 12.7. The van der Waals surface area contributed by atoms with Gasteiger partial charge in [0.15, 0.2) is 5.13 Å². The molecule has 2 aliphatic heterocycles. The fourth-order valence-electron chi connectivity index (χ4n) is 4.38. The number of aromatic nitrogens is 1. The third-order valence-corrected chi connectivity index (χ3v) is 7.03. The van der Waals surface area contributed by atoms with Crippen molar-refractivity contribution in [3.05, 3.63) is 46.5 Å². The Morgan fingerprint density at radius 1 is 1.10 bits per heavy atom. The first-order valence-corrected chi connectivity index (χ1v) is 12.1. The average molecular weight is 441 g/mol. The van der Waals surface area contributed by atoms with Crippen molar-refractivity contribution in [2.24, 2.45) is 0 Å². The molecule has 4 rings (SSSR count). The second kappa shape index (κ2) is 9.09. The minimum Gasteiger partial charge on any atom is -0.342 e. The van der Waals surface area contributed by atoms with Gasteiger partial charge in [0.05, 0.1) is 18.3 Å². The summed E-state index contributed by atoms with van der Waals surface area (Å²) in [6.07, 6.45) is 4.29. The van der Waals surface area contributed by atoms with Crippen LogP contribution in [0.25, 0.3) is 0 Å². The fourth-order valence-corrected chi connectivity index (χ4v) is 5.13. The molecule has 1 N–H and O–H groups in total.